The molecule has 8 heteroatoms. The molecule has 78 heavy (non-hydrogen) atoms. The first kappa shape index (κ1) is 49.7. The van der Waals surface area contributed by atoms with E-state index in [4.69, 9.17) is 9.72 Å². The smallest absolute Gasteiger partial charge is 0.509 e. The van der Waals surface area contributed by atoms with Crippen molar-refractivity contribution in [2.45, 2.75) is 26.2 Å². The van der Waals surface area contributed by atoms with Crippen molar-refractivity contribution in [2.75, 3.05) is 0 Å². The third kappa shape index (κ3) is 9.38. The molecule has 0 unspecified atom stereocenters. The van der Waals surface area contributed by atoms with Crippen molar-refractivity contribution in [3.05, 3.63) is 266 Å². The molecular formula is C70H48F2N4OPt+2. The van der Waals surface area contributed by atoms with Crippen LogP contribution in [0.15, 0.2) is 237 Å². The van der Waals surface area contributed by atoms with E-state index in [1.54, 1.807) is 24.3 Å². The first-order chi connectivity index (χ1) is 37.6. The number of fused-ring (bicyclic) bond motifs is 4. The summed E-state index contributed by atoms with van der Waals surface area (Å²) < 4.78 is 42.3. The first-order valence-corrected chi connectivity index (χ1v) is 25.6. The van der Waals surface area contributed by atoms with Crippen LogP contribution in [-0.4, -0.2) is 15.6 Å². The van der Waals surface area contributed by atoms with Crippen LogP contribution in [0.1, 0.15) is 26.3 Å². The molecule has 0 bridgehead atoms. The van der Waals surface area contributed by atoms with Crippen molar-refractivity contribution in [3.63, 3.8) is 0 Å². The van der Waals surface area contributed by atoms with Crippen LogP contribution >= 0.6 is 0 Å². The number of halogens is 2. The molecule has 0 fully saturated rings. The van der Waals surface area contributed by atoms with E-state index < -0.39 is 0 Å². The van der Waals surface area contributed by atoms with Gasteiger partial charge in [-0.1, -0.05) is 164 Å². The largest absolute Gasteiger partial charge is 2.00 e. The summed E-state index contributed by atoms with van der Waals surface area (Å²) in [6.07, 6.45) is 1.88. The molecule has 376 valence electrons. The van der Waals surface area contributed by atoms with Gasteiger partial charge in [-0.05, 0) is 133 Å². The fourth-order valence-electron chi connectivity index (χ4n) is 10.5. The summed E-state index contributed by atoms with van der Waals surface area (Å²) in [6, 6.07) is 86.7. The van der Waals surface area contributed by atoms with E-state index in [-0.39, 0.29) is 38.1 Å². The molecular weight excluding hydrogens is 1150 g/mol. The van der Waals surface area contributed by atoms with E-state index in [9.17, 15) is 8.78 Å². The summed E-state index contributed by atoms with van der Waals surface area (Å²) in [4.78, 5) is 4.92. The fraction of sp³-hybridized carbons (Fsp3) is 0.0571. The van der Waals surface area contributed by atoms with E-state index in [0.717, 1.165) is 100 Å². The second-order valence-corrected chi connectivity index (χ2v) is 20.3. The molecule has 10 aromatic carbocycles. The van der Waals surface area contributed by atoms with Crippen LogP contribution in [0.5, 0.6) is 11.5 Å². The number of hydrogen-bond acceptors (Lipinski definition) is 2. The van der Waals surface area contributed by atoms with Crippen molar-refractivity contribution in [2.24, 2.45) is 0 Å². The van der Waals surface area contributed by atoms with Crippen molar-refractivity contribution in [1.29, 1.82) is 0 Å². The zero-order chi connectivity index (χ0) is 52.2. The number of para-hydroxylation sites is 4. The van der Waals surface area contributed by atoms with Gasteiger partial charge in [0, 0.05) is 35.3 Å². The van der Waals surface area contributed by atoms with Crippen LogP contribution in [-0.2, 0) is 26.5 Å². The van der Waals surface area contributed by atoms with Gasteiger partial charge in [-0.15, -0.1) is 29.1 Å². The van der Waals surface area contributed by atoms with E-state index >= 15 is 0 Å². The Hall–Kier alpha value is -9.12. The number of pyridine rings is 1. The summed E-state index contributed by atoms with van der Waals surface area (Å²) in [5, 5.41) is 2.11. The third-order valence-electron chi connectivity index (χ3n) is 14.3. The van der Waals surface area contributed by atoms with Crippen molar-refractivity contribution >= 4 is 50.6 Å². The maximum absolute atomic E-state index is 14.5. The minimum Gasteiger partial charge on any atom is -0.509 e. The summed E-state index contributed by atoms with van der Waals surface area (Å²) in [7, 11) is 0. The zero-order valence-corrected chi connectivity index (χ0v) is 45.1. The normalized spacial score (nSPS) is 12.0. The van der Waals surface area contributed by atoms with Crippen LogP contribution in [0.3, 0.4) is 0 Å². The number of nitrogens with zero attached hydrogens (tertiary/aromatic N) is 4. The number of hydrogen-bond donors (Lipinski definition) is 0. The molecule has 12 aromatic rings. The van der Waals surface area contributed by atoms with Crippen LogP contribution in [0, 0.1) is 23.8 Å². The van der Waals surface area contributed by atoms with Gasteiger partial charge in [0.1, 0.15) is 23.1 Å². The Morgan fingerprint density at radius 3 is 1.64 bits per heavy atom. The van der Waals surface area contributed by atoms with Crippen LogP contribution < -0.4 is 13.9 Å². The Bertz CT molecular complexity index is 4210. The van der Waals surface area contributed by atoms with E-state index in [1.165, 1.54) is 29.8 Å². The number of benzene rings is 10. The molecule has 0 N–H and O–H groups in total. The third-order valence-corrected chi connectivity index (χ3v) is 14.3. The second kappa shape index (κ2) is 20.4. The quantitative estimate of drug-likeness (QED) is 0.101. The molecule has 0 aliphatic carbocycles. The fourth-order valence-corrected chi connectivity index (χ4v) is 10.5. The SMILES string of the molecule is CC(C)(C)c1ccnc(-n2c3[c-]c(Oc4[c-]c([N+]5=C=[N+](c6c(-c7ccc(F)cc7)cccc6-c6ccc(F)cc6)c6ccccc65)cc(-c5cc(-c6ccccc6)cc(-c6ccccc6)c5)c4)ccc3c3ccccc32)c1.[Pt+2]. The maximum atomic E-state index is 14.5. The van der Waals surface area contributed by atoms with E-state index in [2.05, 4.69) is 171 Å². The standard InChI is InChI=1S/C70H48F2N4O.Pt/c1-70(2,3)54-35-36-73-68(42-54)76-64-22-11-10-19-62(64)63-34-33-58(44-67(63)76)77-59-41-53(52-38-50(46-15-6-4-7-16-46)37-51(39-52)47-17-8-5-9-18-47)40-57(43-59)74-45-75(66-24-13-12-23-65(66)74)69-60(48-25-29-55(71)30-26-48)20-14-21-61(69)49-27-31-56(72)32-28-49;/h4-42H,1-3H3;/q;+2. The molecule has 0 amide bonds. The monoisotopic (exact) mass is 1190 g/mol. The van der Waals surface area contributed by atoms with Gasteiger partial charge >= 0.3 is 27.1 Å². The van der Waals surface area contributed by atoms with Gasteiger partial charge in [-0.3, -0.25) is 0 Å². The predicted molar refractivity (Wildman–Crippen MR) is 309 cm³/mol. The molecule has 0 saturated heterocycles. The molecule has 1 aliphatic rings. The topological polar surface area (TPSA) is 33.1 Å². The van der Waals surface area contributed by atoms with Crippen LogP contribution in [0.4, 0.5) is 31.5 Å². The first-order valence-electron chi connectivity index (χ1n) is 25.6. The molecule has 3 heterocycles. The van der Waals surface area contributed by atoms with Gasteiger partial charge in [-0.2, -0.15) is 6.07 Å². The predicted octanol–water partition coefficient (Wildman–Crippen LogP) is 18.3. The Balaban J connectivity index is 0.00000609. The molecule has 0 radical (unpaired) electrons. The van der Waals surface area contributed by atoms with Gasteiger partial charge in [0.15, 0.2) is 0 Å². The van der Waals surface area contributed by atoms with Gasteiger partial charge in [0.25, 0.3) is 11.4 Å². The van der Waals surface area contributed by atoms with E-state index in [0.29, 0.717) is 17.2 Å². The molecule has 1 aliphatic heterocycles. The average molecular weight is 1190 g/mol. The number of ether oxygens (including phenoxy) is 1. The minimum atomic E-state index is -0.331. The van der Waals surface area contributed by atoms with Crippen molar-refractivity contribution in [3.8, 4) is 73.0 Å². The molecule has 0 atom stereocenters. The van der Waals surface area contributed by atoms with Crippen LogP contribution in [0.25, 0.3) is 83.3 Å². The second-order valence-electron chi connectivity index (χ2n) is 20.3. The Labute approximate surface area is 466 Å². The zero-order valence-electron chi connectivity index (χ0n) is 42.8. The average Bonchev–Trinajstić information content (AvgIpc) is 4.22. The van der Waals surface area contributed by atoms with Crippen molar-refractivity contribution in [1.82, 2.24) is 18.7 Å². The summed E-state index contributed by atoms with van der Waals surface area (Å²) in [6.45, 7) is 6.63. The molecule has 5 nitrogen and oxygen atoms in total. The van der Waals surface area contributed by atoms with Gasteiger partial charge in [0.05, 0.1) is 11.1 Å². The van der Waals surface area contributed by atoms with Crippen LogP contribution in [0.2, 0.25) is 0 Å². The Morgan fingerprint density at radius 1 is 0.474 bits per heavy atom. The van der Waals surface area contributed by atoms with Gasteiger partial charge in [0.2, 0.25) is 5.69 Å². The molecule has 0 spiro atoms. The Morgan fingerprint density at radius 2 is 1.03 bits per heavy atom. The molecule has 13 rings (SSSR count). The number of rotatable bonds is 10. The van der Waals surface area contributed by atoms with E-state index in [1.807, 2.05) is 69.9 Å². The molecule has 2 aromatic heterocycles. The Kier molecular flexibility index (Phi) is 13.0. The molecule has 0 saturated carbocycles. The minimum absolute atomic E-state index is 0. The van der Waals surface area contributed by atoms with Gasteiger partial charge < -0.3 is 9.30 Å². The maximum Gasteiger partial charge on any atom is 2.00 e. The van der Waals surface area contributed by atoms with Gasteiger partial charge in [-0.25, -0.2) is 13.8 Å². The summed E-state index contributed by atoms with van der Waals surface area (Å²) in [5.74, 6) is 1.10. The summed E-state index contributed by atoms with van der Waals surface area (Å²) in [5.41, 5.74) is 15.6. The summed E-state index contributed by atoms with van der Waals surface area (Å²) >= 11 is 0. The van der Waals surface area contributed by atoms with Crippen molar-refractivity contribution < 1.29 is 34.6 Å². The number of aromatic nitrogens is 2.